The molecule has 0 aromatic heterocycles. The number of carbonyl (C=O) groups excluding carboxylic acids is 1. The van der Waals surface area contributed by atoms with E-state index in [1.54, 1.807) is 17.0 Å². The van der Waals surface area contributed by atoms with Gasteiger partial charge in [-0.15, -0.1) is 0 Å². The van der Waals surface area contributed by atoms with E-state index in [-0.39, 0.29) is 11.6 Å². The SMILES string of the molecule is CC(C)=CC(=O)N1CCc2ccc([N+](=O)[O-])cc21. The van der Waals surface area contributed by atoms with Crippen molar-refractivity contribution in [2.75, 3.05) is 11.4 Å². The second kappa shape index (κ2) is 4.60. The summed E-state index contributed by atoms with van der Waals surface area (Å²) in [5, 5.41) is 10.7. The molecule has 1 aliphatic rings. The normalized spacial score (nSPS) is 13.1. The lowest BCUT2D eigenvalue weighted by Gasteiger charge is -2.15. The number of anilines is 1. The van der Waals surface area contributed by atoms with Crippen LogP contribution in [-0.4, -0.2) is 17.4 Å². The summed E-state index contributed by atoms with van der Waals surface area (Å²) in [6.07, 6.45) is 2.30. The van der Waals surface area contributed by atoms with Gasteiger partial charge in [0.15, 0.2) is 0 Å². The lowest BCUT2D eigenvalue weighted by atomic mass is 10.1. The minimum absolute atomic E-state index is 0.0191. The van der Waals surface area contributed by atoms with Crippen LogP contribution in [0, 0.1) is 10.1 Å². The average Bonchev–Trinajstić information content (AvgIpc) is 2.70. The maximum absolute atomic E-state index is 12.0. The van der Waals surface area contributed by atoms with Gasteiger partial charge in [-0.2, -0.15) is 0 Å². The molecule has 2 rings (SSSR count). The Balaban J connectivity index is 2.37. The summed E-state index contributed by atoms with van der Waals surface area (Å²) in [5.74, 6) is -0.116. The van der Waals surface area contributed by atoms with Crippen LogP contribution in [-0.2, 0) is 11.2 Å². The molecule has 0 bridgehead atoms. The number of fused-ring (bicyclic) bond motifs is 1. The Morgan fingerprint density at radius 1 is 1.44 bits per heavy atom. The van der Waals surface area contributed by atoms with Crippen LogP contribution >= 0.6 is 0 Å². The topological polar surface area (TPSA) is 63.5 Å². The average molecular weight is 246 g/mol. The standard InChI is InChI=1S/C13H14N2O3/c1-9(2)7-13(16)14-6-5-10-3-4-11(15(17)18)8-12(10)14/h3-4,7-8H,5-6H2,1-2H3. The van der Waals surface area contributed by atoms with Gasteiger partial charge in [-0.05, 0) is 25.8 Å². The van der Waals surface area contributed by atoms with Gasteiger partial charge in [-0.1, -0.05) is 11.6 Å². The second-order valence-corrected chi connectivity index (χ2v) is 4.53. The van der Waals surface area contributed by atoms with E-state index in [1.165, 1.54) is 12.1 Å². The van der Waals surface area contributed by atoms with Crippen LogP contribution in [0.25, 0.3) is 0 Å². The molecule has 0 spiro atoms. The molecule has 0 fully saturated rings. The Hall–Kier alpha value is -2.17. The quantitative estimate of drug-likeness (QED) is 0.457. The Bertz CT molecular complexity index is 545. The van der Waals surface area contributed by atoms with Gasteiger partial charge in [-0.3, -0.25) is 14.9 Å². The minimum atomic E-state index is -0.442. The van der Waals surface area contributed by atoms with Crippen LogP contribution in [0.2, 0.25) is 0 Å². The Morgan fingerprint density at radius 2 is 2.17 bits per heavy atom. The smallest absolute Gasteiger partial charge is 0.271 e. The van der Waals surface area contributed by atoms with Crippen LogP contribution in [0.4, 0.5) is 11.4 Å². The first kappa shape index (κ1) is 12.3. The number of nitrogens with zero attached hydrogens (tertiary/aromatic N) is 2. The largest absolute Gasteiger partial charge is 0.308 e. The highest BCUT2D eigenvalue weighted by Crippen LogP contribution is 2.31. The summed E-state index contributed by atoms with van der Waals surface area (Å²) in [7, 11) is 0. The summed E-state index contributed by atoms with van der Waals surface area (Å²) in [5.41, 5.74) is 2.58. The van der Waals surface area contributed by atoms with Crippen LogP contribution in [0.3, 0.4) is 0 Å². The van der Waals surface area contributed by atoms with E-state index in [1.807, 2.05) is 13.8 Å². The molecule has 1 aliphatic heterocycles. The summed E-state index contributed by atoms with van der Waals surface area (Å²) in [4.78, 5) is 23.9. The van der Waals surface area contributed by atoms with Crippen molar-refractivity contribution in [1.29, 1.82) is 0 Å². The molecule has 1 amide bonds. The fraction of sp³-hybridized carbons (Fsp3) is 0.308. The number of hydrogen-bond donors (Lipinski definition) is 0. The van der Waals surface area contributed by atoms with Crippen molar-refractivity contribution in [3.05, 3.63) is 45.5 Å². The van der Waals surface area contributed by atoms with Crippen LogP contribution in [0.15, 0.2) is 29.8 Å². The maximum atomic E-state index is 12.0. The third-order valence-corrected chi connectivity index (χ3v) is 2.85. The van der Waals surface area contributed by atoms with Crippen molar-refractivity contribution >= 4 is 17.3 Å². The molecule has 0 saturated carbocycles. The first-order chi connectivity index (χ1) is 8.49. The molecular formula is C13H14N2O3. The van der Waals surface area contributed by atoms with Gasteiger partial charge in [0.05, 0.1) is 10.6 Å². The van der Waals surface area contributed by atoms with E-state index in [4.69, 9.17) is 0 Å². The number of nitro benzene ring substituents is 1. The highest BCUT2D eigenvalue weighted by atomic mass is 16.6. The van der Waals surface area contributed by atoms with E-state index < -0.39 is 4.92 Å². The van der Waals surface area contributed by atoms with Gasteiger partial charge < -0.3 is 4.90 Å². The molecule has 0 unspecified atom stereocenters. The number of carbonyl (C=O) groups is 1. The number of benzene rings is 1. The first-order valence-corrected chi connectivity index (χ1v) is 5.73. The third kappa shape index (κ3) is 2.25. The molecule has 0 atom stereocenters. The Labute approximate surface area is 105 Å². The third-order valence-electron chi connectivity index (χ3n) is 2.85. The predicted octanol–water partition coefficient (Wildman–Crippen LogP) is 2.45. The molecule has 0 aliphatic carbocycles. The number of non-ortho nitro benzene ring substituents is 1. The van der Waals surface area contributed by atoms with Crippen molar-refractivity contribution in [3.63, 3.8) is 0 Å². The summed E-state index contributed by atoms with van der Waals surface area (Å²) >= 11 is 0. The molecule has 5 nitrogen and oxygen atoms in total. The van der Waals surface area contributed by atoms with E-state index in [0.29, 0.717) is 12.2 Å². The Morgan fingerprint density at radius 3 is 2.78 bits per heavy atom. The first-order valence-electron chi connectivity index (χ1n) is 5.73. The van der Waals surface area contributed by atoms with Crippen LogP contribution in [0.1, 0.15) is 19.4 Å². The fourth-order valence-corrected chi connectivity index (χ4v) is 2.03. The number of hydrogen-bond acceptors (Lipinski definition) is 3. The zero-order valence-electron chi connectivity index (χ0n) is 10.3. The van der Waals surface area contributed by atoms with Crippen molar-refractivity contribution in [2.45, 2.75) is 20.3 Å². The monoisotopic (exact) mass is 246 g/mol. The fourth-order valence-electron chi connectivity index (χ4n) is 2.03. The zero-order chi connectivity index (χ0) is 13.3. The Kier molecular flexibility index (Phi) is 3.14. The lowest BCUT2D eigenvalue weighted by molar-refractivity contribution is -0.384. The molecular weight excluding hydrogens is 232 g/mol. The van der Waals surface area contributed by atoms with Gasteiger partial charge in [-0.25, -0.2) is 0 Å². The lowest BCUT2D eigenvalue weighted by Crippen LogP contribution is -2.27. The van der Waals surface area contributed by atoms with Crippen molar-refractivity contribution < 1.29 is 9.72 Å². The minimum Gasteiger partial charge on any atom is -0.308 e. The number of nitro groups is 1. The van der Waals surface area contributed by atoms with Crippen molar-refractivity contribution in [1.82, 2.24) is 0 Å². The summed E-state index contributed by atoms with van der Waals surface area (Å²) in [6, 6.07) is 4.68. The zero-order valence-corrected chi connectivity index (χ0v) is 10.3. The predicted molar refractivity (Wildman–Crippen MR) is 68.6 cm³/mol. The van der Waals surface area contributed by atoms with Crippen molar-refractivity contribution in [3.8, 4) is 0 Å². The van der Waals surface area contributed by atoms with Gasteiger partial charge in [0.1, 0.15) is 0 Å². The highest BCUT2D eigenvalue weighted by molar-refractivity contribution is 6.03. The molecule has 5 heteroatoms. The van der Waals surface area contributed by atoms with Gasteiger partial charge in [0.2, 0.25) is 0 Å². The molecule has 1 heterocycles. The van der Waals surface area contributed by atoms with E-state index in [0.717, 1.165) is 17.6 Å². The molecule has 1 aromatic carbocycles. The van der Waals surface area contributed by atoms with Crippen molar-refractivity contribution in [2.24, 2.45) is 0 Å². The summed E-state index contributed by atoms with van der Waals surface area (Å²) in [6.45, 7) is 4.28. The molecule has 1 aromatic rings. The van der Waals surface area contributed by atoms with E-state index >= 15 is 0 Å². The maximum Gasteiger partial charge on any atom is 0.271 e. The molecule has 0 N–H and O–H groups in total. The molecule has 0 saturated heterocycles. The molecule has 0 radical (unpaired) electrons. The van der Waals surface area contributed by atoms with Gasteiger partial charge in [0, 0.05) is 24.8 Å². The van der Waals surface area contributed by atoms with Crippen LogP contribution < -0.4 is 4.90 Å². The number of rotatable bonds is 2. The summed E-state index contributed by atoms with van der Waals surface area (Å²) < 4.78 is 0. The number of amides is 1. The van der Waals surface area contributed by atoms with E-state index in [9.17, 15) is 14.9 Å². The van der Waals surface area contributed by atoms with E-state index in [2.05, 4.69) is 0 Å². The highest BCUT2D eigenvalue weighted by Gasteiger charge is 2.25. The number of allylic oxidation sites excluding steroid dienone is 1. The van der Waals surface area contributed by atoms with Crippen LogP contribution in [0.5, 0.6) is 0 Å². The molecule has 94 valence electrons. The second-order valence-electron chi connectivity index (χ2n) is 4.53. The molecule has 18 heavy (non-hydrogen) atoms. The van der Waals surface area contributed by atoms with Gasteiger partial charge >= 0.3 is 0 Å². The van der Waals surface area contributed by atoms with Gasteiger partial charge in [0.25, 0.3) is 11.6 Å².